The van der Waals surface area contributed by atoms with Gasteiger partial charge in [0.1, 0.15) is 0 Å². The summed E-state index contributed by atoms with van der Waals surface area (Å²) in [6.45, 7) is 0. The van der Waals surface area contributed by atoms with E-state index in [0.29, 0.717) is 12.8 Å². The zero-order chi connectivity index (χ0) is 17.8. The van der Waals surface area contributed by atoms with Crippen LogP contribution < -0.4 is 5.73 Å². The molecule has 0 aliphatic carbocycles. The van der Waals surface area contributed by atoms with Crippen molar-refractivity contribution in [1.82, 2.24) is 4.90 Å². The average Bonchev–Trinajstić information content (AvgIpc) is 2.52. The van der Waals surface area contributed by atoms with Crippen LogP contribution in [0.4, 0.5) is 0 Å². The monoisotopic (exact) mass is 338 g/mol. The Morgan fingerprint density at radius 2 is 1.21 bits per heavy atom. The van der Waals surface area contributed by atoms with Gasteiger partial charge in [-0.05, 0) is 25.7 Å². The zero-order valence-corrected chi connectivity index (χ0v) is 14.6. The van der Waals surface area contributed by atoms with Gasteiger partial charge in [-0.25, -0.2) is 4.90 Å². The predicted octanol–water partition coefficient (Wildman–Crippen LogP) is 2.83. The Morgan fingerprint density at radius 1 is 0.750 bits per heavy atom. The first-order valence-electron chi connectivity index (χ1n) is 9.19. The fraction of sp³-hybridized carbons (Fsp3) is 0.778. The van der Waals surface area contributed by atoms with E-state index in [1.54, 1.807) is 0 Å². The number of unbranched alkanes of at least 4 members (excludes halogenated alkanes) is 4. The molecule has 1 heterocycles. The molecule has 1 aliphatic rings. The third-order valence-electron chi connectivity index (χ3n) is 4.34. The van der Waals surface area contributed by atoms with Crippen molar-refractivity contribution in [2.24, 2.45) is 5.73 Å². The Hall–Kier alpha value is -1.72. The van der Waals surface area contributed by atoms with E-state index < -0.39 is 0 Å². The minimum atomic E-state index is -0.359. The molecule has 0 aromatic rings. The van der Waals surface area contributed by atoms with Crippen molar-refractivity contribution in [3.63, 3.8) is 0 Å². The van der Waals surface area contributed by atoms with E-state index in [9.17, 15) is 19.2 Å². The summed E-state index contributed by atoms with van der Waals surface area (Å²) in [4.78, 5) is 48.1. The van der Waals surface area contributed by atoms with Crippen molar-refractivity contribution < 1.29 is 19.2 Å². The molecule has 6 heteroatoms. The number of amides is 4. The molecule has 1 fully saturated rings. The Bertz CT molecular complexity index is 428. The van der Waals surface area contributed by atoms with Gasteiger partial charge < -0.3 is 5.73 Å². The van der Waals surface area contributed by atoms with Gasteiger partial charge in [-0.1, -0.05) is 38.5 Å². The van der Waals surface area contributed by atoms with Crippen molar-refractivity contribution in [3.8, 4) is 0 Å². The molecule has 0 spiro atoms. The van der Waals surface area contributed by atoms with Gasteiger partial charge in [0.15, 0.2) is 0 Å². The lowest BCUT2D eigenvalue weighted by molar-refractivity contribution is -0.154. The van der Waals surface area contributed by atoms with E-state index in [-0.39, 0.29) is 42.9 Å². The van der Waals surface area contributed by atoms with E-state index in [1.165, 1.54) is 0 Å². The van der Waals surface area contributed by atoms with Crippen molar-refractivity contribution in [2.45, 2.75) is 89.9 Å². The Labute approximate surface area is 144 Å². The van der Waals surface area contributed by atoms with Crippen LogP contribution in [0.1, 0.15) is 89.9 Å². The van der Waals surface area contributed by atoms with Crippen LogP contribution in [0, 0.1) is 0 Å². The number of hydrogen-bond donors (Lipinski definition) is 1. The normalized spacial score (nSPS) is 16.9. The molecule has 0 saturated carbocycles. The van der Waals surface area contributed by atoms with Gasteiger partial charge in [0.25, 0.3) is 0 Å². The van der Waals surface area contributed by atoms with Crippen molar-refractivity contribution >= 4 is 23.6 Å². The maximum Gasteiger partial charge on any atom is 0.236 e. The maximum absolute atomic E-state index is 12.3. The van der Waals surface area contributed by atoms with Crippen LogP contribution in [-0.4, -0.2) is 28.5 Å². The fourth-order valence-corrected chi connectivity index (χ4v) is 2.94. The quantitative estimate of drug-likeness (QED) is 0.543. The minimum absolute atomic E-state index is 0.229. The smallest absolute Gasteiger partial charge is 0.236 e. The molecule has 0 unspecified atom stereocenters. The van der Waals surface area contributed by atoms with Gasteiger partial charge in [0, 0.05) is 25.7 Å². The highest BCUT2D eigenvalue weighted by Gasteiger charge is 2.27. The summed E-state index contributed by atoms with van der Waals surface area (Å²) < 4.78 is 0. The first kappa shape index (κ1) is 20.3. The highest BCUT2D eigenvalue weighted by atomic mass is 16.2. The zero-order valence-electron chi connectivity index (χ0n) is 14.6. The van der Waals surface area contributed by atoms with Crippen LogP contribution in [0.3, 0.4) is 0 Å². The van der Waals surface area contributed by atoms with Crippen molar-refractivity contribution in [3.05, 3.63) is 0 Å². The van der Waals surface area contributed by atoms with Crippen LogP contribution in [0.5, 0.6) is 0 Å². The molecule has 2 N–H and O–H groups in total. The molecule has 4 amide bonds. The minimum Gasteiger partial charge on any atom is -0.370 e. The number of nitrogens with zero attached hydrogens (tertiary/aromatic N) is 1. The summed E-state index contributed by atoms with van der Waals surface area (Å²) >= 11 is 0. The number of carbonyl (C=O) groups is 4. The van der Waals surface area contributed by atoms with E-state index in [2.05, 4.69) is 0 Å². The van der Waals surface area contributed by atoms with Crippen molar-refractivity contribution in [2.75, 3.05) is 0 Å². The molecule has 0 aromatic carbocycles. The molecule has 1 rings (SSSR count). The fourth-order valence-electron chi connectivity index (χ4n) is 2.94. The number of imide groups is 3. The van der Waals surface area contributed by atoms with Gasteiger partial charge in [0.2, 0.25) is 23.6 Å². The number of primary amides is 1. The van der Waals surface area contributed by atoms with Crippen molar-refractivity contribution in [1.29, 1.82) is 0 Å². The lowest BCUT2D eigenvalue weighted by Crippen LogP contribution is -2.41. The third-order valence-corrected chi connectivity index (χ3v) is 4.34. The van der Waals surface area contributed by atoms with Gasteiger partial charge in [0.05, 0.1) is 0 Å². The van der Waals surface area contributed by atoms with Gasteiger partial charge in [-0.2, -0.15) is 0 Å². The molecule has 1 saturated heterocycles. The Kier molecular flexibility index (Phi) is 9.96. The number of nitrogens with two attached hydrogens (primary N) is 1. The maximum atomic E-state index is 12.3. The van der Waals surface area contributed by atoms with Gasteiger partial charge >= 0.3 is 0 Å². The SMILES string of the molecule is NC(=O)CCCCCCCC(=O)N1C(=O)CCCCCCCC1=O. The summed E-state index contributed by atoms with van der Waals surface area (Å²) in [5.41, 5.74) is 5.07. The second kappa shape index (κ2) is 11.8. The van der Waals surface area contributed by atoms with Crippen LogP contribution >= 0.6 is 0 Å². The molecule has 0 radical (unpaired) electrons. The van der Waals surface area contributed by atoms with E-state index in [0.717, 1.165) is 62.7 Å². The highest BCUT2D eigenvalue weighted by molar-refractivity contribution is 6.10. The summed E-state index contributed by atoms with van der Waals surface area (Å²) in [6, 6.07) is 0. The van der Waals surface area contributed by atoms with E-state index in [4.69, 9.17) is 5.73 Å². The predicted molar refractivity (Wildman–Crippen MR) is 90.7 cm³/mol. The molecule has 0 atom stereocenters. The first-order chi connectivity index (χ1) is 11.5. The topological polar surface area (TPSA) is 97.5 Å². The molecular weight excluding hydrogens is 308 g/mol. The molecule has 136 valence electrons. The summed E-state index contributed by atoms with van der Waals surface area (Å²) in [5, 5.41) is 0. The van der Waals surface area contributed by atoms with Crippen LogP contribution in [0.15, 0.2) is 0 Å². The largest absolute Gasteiger partial charge is 0.370 e. The molecular formula is C18H30N2O4. The lowest BCUT2D eigenvalue weighted by Gasteiger charge is -2.20. The average molecular weight is 338 g/mol. The summed E-state index contributed by atoms with van der Waals surface area (Å²) in [6.07, 6.45) is 9.79. The Morgan fingerprint density at radius 3 is 1.75 bits per heavy atom. The Balaban J connectivity index is 2.34. The lowest BCUT2D eigenvalue weighted by atomic mass is 10.0. The number of rotatable bonds is 8. The summed E-state index contributed by atoms with van der Waals surface area (Å²) in [5.74, 6) is -1.32. The van der Waals surface area contributed by atoms with Crippen LogP contribution in [0.2, 0.25) is 0 Å². The molecule has 6 nitrogen and oxygen atoms in total. The number of hydrogen-bond acceptors (Lipinski definition) is 4. The highest BCUT2D eigenvalue weighted by Crippen LogP contribution is 2.16. The third kappa shape index (κ3) is 8.22. The van der Waals surface area contributed by atoms with Gasteiger partial charge in [-0.3, -0.25) is 19.2 Å². The van der Waals surface area contributed by atoms with Crippen LogP contribution in [-0.2, 0) is 19.2 Å². The van der Waals surface area contributed by atoms with Crippen LogP contribution in [0.25, 0.3) is 0 Å². The van der Waals surface area contributed by atoms with E-state index >= 15 is 0 Å². The second-order valence-electron chi connectivity index (χ2n) is 6.52. The first-order valence-corrected chi connectivity index (χ1v) is 9.19. The second-order valence-corrected chi connectivity index (χ2v) is 6.52. The van der Waals surface area contributed by atoms with E-state index in [1.807, 2.05) is 0 Å². The summed E-state index contributed by atoms with van der Waals surface area (Å²) in [7, 11) is 0. The molecule has 24 heavy (non-hydrogen) atoms. The standard InChI is InChI=1S/C18H30N2O4/c19-15(21)11-7-3-1-4-8-12-16(22)20-17(23)13-9-5-2-6-10-14-18(20)24/h1-14H2,(H2,19,21). The molecule has 0 aromatic heterocycles. The molecule has 0 bridgehead atoms. The molecule has 1 aliphatic heterocycles. The number of carbonyl (C=O) groups excluding carboxylic acids is 4. The van der Waals surface area contributed by atoms with Gasteiger partial charge in [-0.15, -0.1) is 0 Å².